The summed E-state index contributed by atoms with van der Waals surface area (Å²) in [5.74, 6) is 10.6. The average molecular weight is 456 g/mol. The predicted molar refractivity (Wildman–Crippen MR) is 135 cm³/mol. The molecule has 164 valence electrons. The number of aryl methyl sites for hydroxylation is 1. The summed E-state index contributed by atoms with van der Waals surface area (Å²) < 4.78 is 27.9. The standard InChI is InChI=1S/C29H23F2NS/c1-3-4-5-6-7-8-24-15-16-26(17-21(24)2)25-13-11-22(12-14-25)9-10-23-18-27(30)29(32-20-33)28(31)19-23/h11-19H,3-6H2,1-2H3. The maximum atomic E-state index is 13.9. The molecule has 0 aromatic heterocycles. The zero-order chi connectivity index (χ0) is 23.6. The van der Waals surface area contributed by atoms with Crippen molar-refractivity contribution in [3.8, 4) is 34.8 Å². The zero-order valence-corrected chi connectivity index (χ0v) is 19.5. The second-order valence-electron chi connectivity index (χ2n) is 7.61. The Morgan fingerprint density at radius 3 is 2.12 bits per heavy atom. The van der Waals surface area contributed by atoms with E-state index in [1.807, 2.05) is 29.4 Å². The summed E-state index contributed by atoms with van der Waals surface area (Å²) in [6, 6.07) is 16.3. The first-order valence-corrected chi connectivity index (χ1v) is 11.2. The van der Waals surface area contributed by atoms with E-state index in [4.69, 9.17) is 0 Å². The Balaban J connectivity index is 1.74. The fourth-order valence-electron chi connectivity index (χ4n) is 3.29. The molecule has 4 heteroatoms. The fourth-order valence-corrected chi connectivity index (χ4v) is 3.38. The predicted octanol–water partition coefficient (Wildman–Crippen LogP) is 8.01. The molecule has 1 nitrogen and oxygen atoms in total. The van der Waals surface area contributed by atoms with Crippen LogP contribution in [-0.2, 0) is 0 Å². The molecule has 33 heavy (non-hydrogen) atoms. The number of rotatable bonds is 5. The van der Waals surface area contributed by atoms with Crippen LogP contribution in [0.25, 0.3) is 11.1 Å². The van der Waals surface area contributed by atoms with Gasteiger partial charge in [0, 0.05) is 23.1 Å². The first kappa shape index (κ1) is 24.1. The highest BCUT2D eigenvalue weighted by molar-refractivity contribution is 7.78. The van der Waals surface area contributed by atoms with E-state index in [1.165, 1.54) is 12.8 Å². The lowest BCUT2D eigenvalue weighted by molar-refractivity contribution is 0.587. The normalized spacial score (nSPS) is 9.82. The van der Waals surface area contributed by atoms with Gasteiger partial charge >= 0.3 is 0 Å². The molecular weight excluding hydrogens is 432 g/mol. The second kappa shape index (κ2) is 11.9. The van der Waals surface area contributed by atoms with Gasteiger partial charge in [0.2, 0.25) is 0 Å². The highest BCUT2D eigenvalue weighted by Gasteiger charge is 2.09. The second-order valence-corrected chi connectivity index (χ2v) is 7.79. The van der Waals surface area contributed by atoms with Gasteiger partial charge in [-0.2, -0.15) is 4.99 Å². The van der Waals surface area contributed by atoms with Gasteiger partial charge in [0.25, 0.3) is 0 Å². The van der Waals surface area contributed by atoms with E-state index in [1.54, 1.807) is 0 Å². The minimum absolute atomic E-state index is 0.222. The van der Waals surface area contributed by atoms with Gasteiger partial charge in [0.15, 0.2) is 11.6 Å². The number of aliphatic imine (C=N–C) groups is 1. The van der Waals surface area contributed by atoms with Crippen LogP contribution in [0.15, 0.2) is 59.6 Å². The van der Waals surface area contributed by atoms with Crippen molar-refractivity contribution in [2.75, 3.05) is 0 Å². The summed E-state index contributed by atoms with van der Waals surface area (Å²) in [5, 5.41) is 1.97. The summed E-state index contributed by atoms with van der Waals surface area (Å²) in [6.45, 7) is 4.26. The van der Waals surface area contributed by atoms with Gasteiger partial charge in [-0.05, 0) is 72.6 Å². The Morgan fingerprint density at radius 2 is 1.48 bits per heavy atom. The Kier molecular flexibility index (Phi) is 8.68. The minimum atomic E-state index is -0.823. The van der Waals surface area contributed by atoms with Crippen LogP contribution in [0.5, 0.6) is 0 Å². The third-order valence-corrected chi connectivity index (χ3v) is 5.19. The summed E-state index contributed by atoms with van der Waals surface area (Å²) in [6.07, 6.45) is 4.50. The van der Waals surface area contributed by atoms with Crippen molar-refractivity contribution in [2.24, 2.45) is 4.99 Å². The maximum Gasteiger partial charge on any atom is 0.153 e. The van der Waals surface area contributed by atoms with Crippen molar-refractivity contribution in [2.45, 2.75) is 39.5 Å². The summed E-state index contributed by atoms with van der Waals surface area (Å²) in [5.41, 5.74) is 4.87. The Labute approximate surface area is 199 Å². The summed E-state index contributed by atoms with van der Waals surface area (Å²) >= 11 is 4.41. The topological polar surface area (TPSA) is 12.4 Å². The van der Waals surface area contributed by atoms with Gasteiger partial charge in [-0.3, -0.25) is 0 Å². The minimum Gasteiger partial charge on any atom is -0.204 e. The quantitative estimate of drug-likeness (QED) is 0.164. The van der Waals surface area contributed by atoms with E-state index in [0.717, 1.165) is 52.8 Å². The van der Waals surface area contributed by atoms with Crippen molar-refractivity contribution in [3.63, 3.8) is 0 Å². The Hall–Kier alpha value is -3.56. The van der Waals surface area contributed by atoms with Gasteiger partial charge in [-0.1, -0.05) is 67.7 Å². The Morgan fingerprint density at radius 1 is 0.818 bits per heavy atom. The van der Waals surface area contributed by atoms with Crippen LogP contribution in [0.3, 0.4) is 0 Å². The number of thiocarbonyl (C=S) groups is 1. The number of isothiocyanates is 1. The summed E-state index contributed by atoms with van der Waals surface area (Å²) in [7, 11) is 0. The van der Waals surface area contributed by atoms with E-state index < -0.39 is 17.3 Å². The molecule has 0 bridgehead atoms. The van der Waals surface area contributed by atoms with Gasteiger partial charge in [-0.25, -0.2) is 8.78 Å². The van der Waals surface area contributed by atoms with E-state index in [-0.39, 0.29) is 5.56 Å². The molecule has 0 spiro atoms. The molecule has 0 N–H and O–H groups in total. The van der Waals surface area contributed by atoms with Crippen LogP contribution in [-0.4, -0.2) is 5.16 Å². The third-order valence-electron chi connectivity index (χ3n) is 5.10. The zero-order valence-electron chi connectivity index (χ0n) is 18.6. The largest absolute Gasteiger partial charge is 0.204 e. The van der Waals surface area contributed by atoms with E-state index in [2.05, 4.69) is 72.9 Å². The van der Waals surface area contributed by atoms with Crippen LogP contribution in [0.1, 0.15) is 54.9 Å². The first-order valence-electron chi connectivity index (χ1n) is 10.8. The monoisotopic (exact) mass is 455 g/mol. The lowest BCUT2D eigenvalue weighted by atomic mass is 9.99. The third kappa shape index (κ3) is 6.71. The molecule has 0 atom stereocenters. The highest BCUT2D eigenvalue weighted by atomic mass is 32.1. The molecule has 0 heterocycles. The van der Waals surface area contributed by atoms with Crippen molar-refractivity contribution >= 4 is 23.1 Å². The van der Waals surface area contributed by atoms with Crippen LogP contribution < -0.4 is 0 Å². The molecule has 0 saturated carbocycles. The lowest BCUT2D eigenvalue weighted by Crippen LogP contribution is -1.87. The molecule has 3 rings (SSSR count). The molecule has 0 radical (unpaired) electrons. The molecule has 3 aromatic rings. The maximum absolute atomic E-state index is 13.9. The molecule has 0 saturated heterocycles. The van der Waals surface area contributed by atoms with Crippen LogP contribution in [0.4, 0.5) is 14.5 Å². The van der Waals surface area contributed by atoms with Crippen molar-refractivity contribution in [1.29, 1.82) is 0 Å². The van der Waals surface area contributed by atoms with E-state index in [0.29, 0.717) is 0 Å². The number of hydrogen-bond donors (Lipinski definition) is 0. The molecule has 0 unspecified atom stereocenters. The van der Waals surface area contributed by atoms with Gasteiger partial charge < -0.3 is 0 Å². The molecule has 0 aliphatic carbocycles. The number of hydrogen-bond acceptors (Lipinski definition) is 2. The van der Waals surface area contributed by atoms with Crippen molar-refractivity contribution in [3.05, 3.63) is 88.5 Å². The van der Waals surface area contributed by atoms with Crippen molar-refractivity contribution in [1.82, 2.24) is 0 Å². The van der Waals surface area contributed by atoms with Crippen LogP contribution in [0, 0.1) is 42.2 Å². The van der Waals surface area contributed by atoms with Crippen molar-refractivity contribution < 1.29 is 8.78 Å². The van der Waals surface area contributed by atoms with Gasteiger partial charge in [0.05, 0.1) is 5.16 Å². The SMILES string of the molecule is CCCCCC#Cc1ccc(-c2ccc(C#Cc3cc(F)c(N=C=S)c(F)c3)cc2)cc1C. The number of halogens is 2. The smallest absolute Gasteiger partial charge is 0.153 e. The molecule has 0 aliphatic rings. The number of nitrogens with zero attached hydrogens (tertiary/aromatic N) is 1. The van der Waals surface area contributed by atoms with Crippen LogP contribution in [0.2, 0.25) is 0 Å². The fraction of sp³-hybridized carbons (Fsp3) is 0.207. The average Bonchev–Trinajstić information content (AvgIpc) is 2.81. The first-order chi connectivity index (χ1) is 16.0. The highest BCUT2D eigenvalue weighted by Crippen LogP contribution is 2.24. The Bertz CT molecular complexity index is 1290. The molecule has 0 fully saturated rings. The number of benzene rings is 3. The van der Waals surface area contributed by atoms with E-state index in [9.17, 15) is 8.78 Å². The van der Waals surface area contributed by atoms with Gasteiger partial charge in [0.1, 0.15) is 5.69 Å². The lowest BCUT2D eigenvalue weighted by Gasteiger charge is -2.05. The summed E-state index contributed by atoms with van der Waals surface area (Å²) in [4.78, 5) is 3.40. The molecule has 0 aliphatic heterocycles. The van der Waals surface area contributed by atoms with Crippen LogP contribution >= 0.6 is 12.2 Å². The molecular formula is C29H23F2NS. The number of unbranched alkanes of at least 4 members (excludes halogenated alkanes) is 3. The molecule has 3 aromatic carbocycles. The molecule has 0 amide bonds. The van der Waals surface area contributed by atoms with E-state index >= 15 is 0 Å². The van der Waals surface area contributed by atoms with Gasteiger partial charge in [-0.15, -0.1) is 0 Å².